The standard InChI is InChI=1S/C14H18N2O/c1-9-2-4-10(5-3-9)14-15-12-7-6-11(17)8-13(12)16-14/h6-10,17H,2-5H2,1H3,(H,15,16). The van der Waals surface area contributed by atoms with Gasteiger partial charge < -0.3 is 10.1 Å². The zero-order valence-corrected chi connectivity index (χ0v) is 10.1. The molecule has 0 aliphatic heterocycles. The Morgan fingerprint density at radius 1 is 1.24 bits per heavy atom. The molecule has 3 nitrogen and oxygen atoms in total. The zero-order valence-electron chi connectivity index (χ0n) is 10.1. The van der Waals surface area contributed by atoms with Crippen LogP contribution in [0.25, 0.3) is 11.0 Å². The second-order valence-corrected chi connectivity index (χ2v) is 5.28. The van der Waals surface area contributed by atoms with Crippen molar-refractivity contribution in [3.8, 4) is 5.75 Å². The smallest absolute Gasteiger partial charge is 0.117 e. The Balaban J connectivity index is 1.90. The predicted octanol–water partition coefficient (Wildman–Crippen LogP) is 3.56. The molecule has 1 heterocycles. The number of nitrogens with zero attached hydrogens (tertiary/aromatic N) is 1. The van der Waals surface area contributed by atoms with Crippen molar-refractivity contribution in [2.75, 3.05) is 0 Å². The maximum absolute atomic E-state index is 9.44. The Hall–Kier alpha value is -1.51. The molecule has 0 saturated heterocycles. The van der Waals surface area contributed by atoms with Crippen LogP contribution in [0.4, 0.5) is 0 Å². The molecular weight excluding hydrogens is 212 g/mol. The Morgan fingerprint density at radius 3 is 2.76 bits per heavy atom. The number of nitrogens with one attached hydrogen (secondary N) is 1. The van der Waals surface area contributed by atoms with Crippen molar-refractivity contribution in [2.45, 2.75) is 38.5 Å². The molecule has 1 saturated carbocycles. The molecule has 1 aromatic heterocycles. The van der Waals surface area contributed by atoms with Crippen LogP contribution in [-0.4, -0.2) is 15.1 Å². The fourth-order valence-corrected chi connectivity index (χ4v) is 2.74. The fraction of sp³-hybridized carbons (Fsp3) is 0.500. The van der Waals surface area contributed by atoms with Crippen LogP contribution in [0.1, 0.15) is 44.3 Å². The van der Waals surface area contributed by atoms with E-state index in [9.17, 15) is 5.11 Å². The van der Waals surface area contributed by atoms with Gasteiger partial charge in [-0.05, 0) is 30.9 Å². The van der Waals surface area contributed by atoms with E-state index in [2.05, 4.69) is 16.9 Å². The summed E-state index contributed by atoms with van der Waals surface area (Å²) in [6.07, 6.45) is 5.06. The van der Waals surface area contributed by atoms with Gasteiger partial charge in [-0.3, -0.25) is 0 Å². The van der Waals surface area contributed by atoms with Crippen LogP contribution in [0, 0.1) is 5.92 Å². The summed E-state index contributed by atoms with van der Waals surface area (Å²) < 4.78 is 0. The number of rotatable bonds is 1. The average Bonchev–Trinajstić information content (AvgIpc) is 2.72. The van der Waals surface area contributed by atoms with Crippen LogP contribution in [0.15, 0.2) is 18.2 Å². The van der Waals surface area contributed by atoms with Gasteiger partial charge in [-0.25, -0.2) is 4.98 Å². The Kier molecular flexibility index (Phi) is 2.54. The zero-order chi connectivity index (χ0) is 11.8. The van der Waals surface area contributed by atoms with Gasteiger partial charge in [-0.15, -0.1) is 0 Å². The molecule has 0 amide bonds. The molecule has 90 valence electrons. The van der Waals surface area contributed by atoms with Gasteiger partial charge in [-0.2, -0.15) is 0 Å². The topological polar surface area (TPSA) is 48.9 Å². The number of H-pyrrole nitrogens is 1. The van der Waals surface area contributed by atoms with Crippen molar-refractivity contribution in [2.24, 2.45) is 5.92 Å². The number of aromatic nitrogens is 2. The van der Waals surface area contributed by atoms with E-state index in [-0.39, 0.29) is 0 Å². The van der Waals surface area contributed by atoms with Crippen molar-refractivity contribution >= 4 is 11.0 Å². The van der Waals surface area contributed by atoms with E-state index < -0.39 is 0 Å². The van der Waals surface area contributed by atoms with E-state index >= 15 is 0 Å². The first-order chi connectivity index (χ1) is 8.22. The number of phenolic OH excluding ortho intramolecular Hbond substituents is 1. The maximum Gasteiger partial charge on any atom is 0.117 e. The third-order valence-electron chi connectivity index (χ3n) is 3.89. The highest BCUT2D eigenvalue weighted by atomic mass is 16.3. The summed E-state index contributed by atoms with van der Waals surface area (Å²) >= 11 is 0. The summed E-state index contributed by atoms with van der Waals surface area (Å²) in [5.74, 6) is 2.82. The minimum absolute atomic E-state index is 0.296. The van der Waals surface area contributed by atoms with Gasteiger partial charge in [0.15, 0.2) is 0 Å². The van der Waals surface area contributed by atoms with E-state index in [1.54, 1.807) is 12.1 Å². The number of aromatic hydroxyl groups is 1. The maximum atomic E-state index is 9.44. The molecule has 1 aliphatic rings. The van der Waals surface area contributed by atoms with Crippen LogP contribution in [-0.2, 0) is 0 Å². The minimum Gasteiger partial charge on any atom is -0.508 e. The van der Waals surface area contributed by atoms with Gasteiger partial charge in [0.1, 0.15) is 11.6 Å². The highest BCUT2D eigenvalue weighted by Gasteiger charge is 2.22. The molecule has 1 fully saturated rings. The third kappa shape index (κ3) is 2.02. The molecule has 2 N–H and O–H groups in total. The lowest BCUT2D eigenvalue weighted by Crippen LogP contribution is -2.11. The second kappa shape index (κ2) is 4.06. The lowest BCUT2D eigenvalue weighted by atomic mass is 9.83. The van der Waals surface area contributed by atoms with Gasteiger partial charge in [0.25, 0.3) is 0 Å². The predicted molar refractivity (Wildman–Crippen MR) is 68.1 cm³/mol. The highest BCUT2D eigenvalue weighted by molar-refractivity contribution is 5.76. The molecule has 3 heteroatoms. The van der Waals surface area contributed by atoms with Crippen LogP contribution < -0.4 is 0 Å². The quantitative estimate of drug-likeness (QED) is 0.787. The normalized spacial score (nSPS) is 25.2. The molecule has 3 rings (SSSR count). The fourth-order valence-electron chi connectivity index (χ4n) is 2.74. The van der Waals surface area contributed by atoms with Crippen LogP contribution in [0.2, 0.25) is 0 Å². The van der Waals surface area contributed by atoms with Crippen molar-refractivity contribution in [1.82, 2.24) is 9.97 Å². The summed E-state index contributed by atoms with van der Waals surface area (Å²) in [5.41, 5.74) is 1.90. The number of fused-ring (bicyclic) bond motifs is 1. The summed E-state index contributed by atoms with van der Waals surface area (Å²) in [7, 11) is 0. The van der Waals surface area contributed by atoms with E-state index in [0.717, 1.165) is 22.8 Å². The Labute approximate surface area is 101 Å². The number of benzene rings is 1. The molecule has 0 bridgehead atoms. The van der Waals surface area contributed by atoms with Crippen LogP contribution >= 0.6 is 0 Å². The Morgan fingerprint density at radius 2 is 2.00 bits per heavy atom. The number of phenols is 1. The van der Waals surface area contributed by atoms with Gasteiger partial charge in [0.2, 0.25) is 0 Å². The van der Waals surface area contributed by atoms with E-state index in [1.165, 1.54) is 25.7 Å². The lowest BCUT2D eigenvalue weighted by Gasteiger charge is -2.24. The number of hydrogen-bond acceptors (Lipinski definition) is 2. The number of aromatic amines is 1. The van der Waals surface area contributed by atoms with E-state index in [1.807, 2.05) is 6.07 Å². The molecule has 0 unspecified atom stereocenters. The molecule has 0 radical (unpaired) electrons. The minimum atomic E-state index is 0.296. The molecule has 17 heavy (non-hydrogen) atoms. The first-order valence-electron chi connectivity index (χ1n) is 6.41. The highest BCUT2D eigenvalue weighted by Crippen LogP contribution is 2.35. The van der Waals surface area contributed by atoms with Crippen molar-refractivity contribution in [3.05, 3.63) is 24.0 Å². The van der Waals surface area contributed by atoms with Crippen molar-refractivity contribution in [3.63, 3.8) is 0 Å². The third-order valence-corrected chi connectivity index (χ3v) is 3.89. The first kappa shape index (κ1) is 10.6. The van der Waals surface area contributed by atoms with Gasteiger partial charge in [-0.1, -0.05) is 19.8 Å². The monoisotopic (exact) mass is 230 g/mol. The average molecular weight is 230 g/mol. The lowest BCUT2D eigenvalue weighted by molar-refractivity contribution is 0.341. The van der Waals surface area contributed by atoms with Crippen molar-refractivity contribution < 1.29 is 5.11 Å². The summed E-state index contributed by atoms with van der Waals surface area (Å²) in [6.45, 7) is 2.33. The second-order valence-electron chi connectivity index (χ2n) is 5.28. The number of hydrogen-bond donors (Lipinski definition) is 2. The van der Waals surface area contributed by atoms with Gasteiger partial charge >= 0.3 is 0 Å². The Bertz CT molecular complexity index is 524. The van der Waals surface area contributed by atoms with Crippen LogP contribution in [0.5, 0.6) is 5.75 Å². The van der Waals surface area contributed by atoms with Crippen LogP contribution in [0.3, 0.4) is 0 Å². The van der Waals surface area contributed by atoms with E-state index in [4.69, 9.17) is 0 Å². The van der Waals surface area contributed by atoms with Gasteiger partial charge in [0.05, 0.1) is 11.0 Å². The largest absolute Gasteiger partial charge is 0.508 e. The molecule has 1 aromatic carbocycles. The molecule has 0 atom stereocenters. The molecule has 2 aromatic rings. The van der Waals surface area contributed by atoms with Gasteiger partial charge in [0, 0.05) is 12.0 Å². The summed E-state index contributed by atoms with van der Waals surface area (Å²) in [5, 5.41) is 9.44. The summed E-state index contributed by atoms with van der Waals surface area (Å²) in [6, 6.07) is 5.31. The summed E-state index contributed by atoms with van der Waals surface area (Å²) in [4.78, 5) is 7.99. The molecule has 1 aliphatic carbocycles. The SMILES string of the molecule is CC1CCC(c2nc3ccc(O)cc3[nH]2)CC1. The first-order valence-corrected chi connectivity index (χ1v) is 6.41. The van der Waals surface area contributed by atoms with Crippen molar-refractivity contribution in [1.29, 1.82) is 0 Å². The number of imidazole rings is 1. The van der Waals surface area contributed by atoms with E-state index in [0.29, 0.717) is 11.7 Å². The molecular formula is C14H18N2O. The molecule has 0 spiro atoms.